The molecule has 0 bridgehead atoms. The van der Waals surface area contributed by atoms with Gasteiger partial charge in [0.05, 0.1) is 0 Å². The monoisotopic (exact) mass is 258 g/mol. The van der Waals surface area contributed by atoms with E-state index in [1.54, 1.807) is 18.2 Å². The third kappa shape index (κ3) is 3.65. The Bertz CT molecular complexity index is 578. The molecule has 0 fully saturated rings. The Hall–Kier alpha value is -2.16. The number of aryl methyl sites for hydroxylation is 1. The summed E-state index contributed by atoms with van der Waals surface area (Å²) in [5.41, 5.74) is 2.43. The second-order valence-electron chi connectivity index (χ2n) is 4.43. The molecule has 0 radical (unpaired) electrons. The van der Waals surface area contributed by atoms with E-state index in [9.17, 15) is 9.18 Å². The molecule has 0 heterocycles. The van der Waals surface area contributed by atoms with Gasteiger partial charge in [-0.15, -0.1) is 0 Å². The van der Waals surface area contributed by atoms with Gasteiger partial charge in [0.15, 0.2) is 0 Å². The summed E-state index contributed by atoms with van der Waals surface area (Å²) in [6, 6.07) is 14.2. The van der Waals surface area contributed by atoms with Crippen molar-refractivity contribution >= 4 is 5.97 Å². The number of carboxylic acids is 1. The van der Waals surface area contributed by atoms with E-state index in [0.717, 1.165) is 11.1 Å². The van der Waals surface area contributed by atoms with Crippen molar-refractivity contribution in [3.63, 3.8) is 0 Å². The second kappa shape index (κ2) is 6.14. The molecule has 2 rings (SSSR count). The number of rotatable bonds is 5. The van der Waals surface area contributed by atoms with Gasteiger partial charge in [-0.2, -0.15) is 0 Å². The fraction of sp³-hybridized carbons (Fsp3) is 0.188. The van der Waals surface area contributed by atoms with Gasteiger partial charge in [0.1, 0.15) is 5.82 Å². The number of hydrogen-bond donors (Lipinski definition) is 1. The third-order valence-corrected chi connectivity index (χ3v) is 2.97. The van der Waals surface area contributed by atoms with E-state index in [0.29, 0.717) is 18.4 Å². The number of halogens is 1. The van der Waals surface area contributed by atoms with Gasteiger partial charge in [0, 0.05) is 12.0 Å². The molecule has 3 heteroatoms. The molecule has 0 amide bonds. The maximum atomic E-state index is 13.7. The average molecular weight is 258 g/mol. The Morgan fingerprint density at radius 2 is 1.89 bits per heavy atom. The Kier molecular flexibility index (Phi) is 4.29. The molecule has 0 aliphatic carbocycles. The molecule has 0 aliphatic rings. The maximum absolute atomic E-state index is 13.7. The van der Waals surface area contributed by atoms with E-state index in [1.807, 2.05) is 24.3 Å². The molecule has 0 aromatic heterocycles. The number of carboxylic acid groups (broad SMARTS) is 1. The molecule has 0 unspecified atom stereocenters. The Morgan fingerprint density at radius 3 is 2.63 bits per heavy atom. The Balaban J connectivity index is 2.15. The molecule has 0 atom stereocenters. The number of aliphatic carboxylic acids is 1. The highest BCUT2D eigenvalue weighted by molar-refractivity contribution is 5.67. The highest BCUT2D eigenvalue weighted by atomic mass is 19.1. The molecule has 0 saturated carbocycles. The highest BCUT2D eigenvalue weighted by Gasteiger charge is 2.05. The van der Waals surface area contributed by atoms with Crippen molar-refractivity contribution in [1.29, 1.82) is 0 Å². The van der Waals surface area contributed by atoms with Gasteiger partial charge in [0.2, 0.25) is 0 Å². The van der Waals surface area contributed by atoms with Crippen LogP contribution in [0.5, 0.6) is 0 Å². The zero-order chi connectivity index (χ0) is 13.7. The predicted octanol–water partition coefficient (Wildman–Crippen LogP) is 3.90. The van der Waals surface area contributed by atoms with Crippen LogP contribution in [0.25, 0.3) is 11.1 Å². The molecule has 1 N–H and O–H groups in total. The van der Waals surface area contributed by atoms with Crippen molar-refractivity contribution in [1.82, 2.24) is 0 Å². The van der Waals surface area contributed by atoms with Crippen LogP contribution >= 0.6 is 0 Å². The molecule has 0 saturated heterocycles. The summed E-state index contributed by atoms with van der Waals surface area (Å²) in [6.45, 7) is 0. The van der Waals surface area contributed by atoms with Gasteiger partial charge in [-0.25, -0.2) is 4.39 Å². The van der Waals surface area contributed by atoms with E-state index in [2.05, 4.69) is 0 Å². The normalized spacial score (nSPS) is 10.4. The van der Waals surface area contributed by atoms with Crippen LogP contribution in [-0.4, -0.2) is 11.1 Å². The van der Waals surface area contributed by atoms with Gasteiger partial charge in [-0.1, -0.05) is 42.5 Å². The SMILES string of the molecule is O=C(O)CCCc1cccc(-c2ccccc2F)c1. The van der Waals surface area contributed by atoms with E-state index >= 15 is 0 Å². The minimum absolute atomic E-state index is 0.157. The second-order valence-corrected chi connectivity index (χ2v) is 4.43. The molecule has 2 nitrogen and oxygen atoms in total. The van der Waals surface area contributed by atoms with Crippen LogP contribution in [0, 0.1) is 5.82 Å². The maximum Gasteiger partial charge on any atom is 0.303 e. The summed E-state index contributed by atoms with van der Waals surface area (Å²) in [7, 11) is 0. The largest absolute Gasteiger partial charge is 0.481 e. The van der Waals surface area contributed by atoms with Crippen LogP contribution in [0.3, 0.4) is 0 Å². The first-order chi connectivity index (χ1) is 9.16. The lowest BCUT2D eigenvalue weighted by atomic mass is 10.00. The van der Waals surface area contributed by atoms with Crippen molar-refractivity contribution in [2.75, 3.05) is 0 Å². The van der Waals surface area contributed by atoms with Crippen LogP contribution in [0.4, 0.5) is 4.39 Å². The van der Waals surface area contributed by atoms with E-state index in [4.69, 9.17) is 5.11 Å². The predicted molar refractivity (Wildman–Crippen MR) is 72.4 cm³/mol. The summed E-state index contributed by atoms with van der Waals surface area (Å²) >= 11 is 0. The first-order valence-electron chi connectivity index (χ1n) is 6.22. The highest BCUT2D eigenvalue weighted by Crippen LogP contribution is 2.23. The minimum Gasteiger partial charge on any atom is -0.481 e. The van der Waals surface area contributed by atoms with Crippen molar-refractivity contribution in [3.05, 3.63) is 59.9 Å². The molecule has 98 valence electrons. The van der Waals surface area contributed by atoms with Gasteiger partial charge in [-0.05, 0) is 30.0 Å². The number of benzene rings is 2. The van der Waals surface area contributed by atoms with E-state index in [-0.39, 0.29) is 12.2 Å². The summed E-state index contributed by atoms with van der Waals surface area (Å²) in [6.07, 6.45) is 1.44. The van der Waals surface area contributed by atoms with E-state index in [1.165, 1.54) is 6.07 Å². The fourth-order valence-corrected chi connectivity index (χ4v) is 2.03. The zero-order valence-corrected chi connectivity index (χ0v) is 10.5. The minimum atomic E-state index is -0.787. The molecular formula is C16H15FO2. The van der Waals surface area contributed by atoms with Crippen molar-refractivity contribution < 1.29 is 14.3 Å². The average Bonchev–Trinajstić information content (AvgIpc) is 2.39. The zero-order valence-electron chi connectivity index (χ0n) is 10.5. The van der Waals surface area contributed by atoms with Gasteiger partial charge < -0.3 is 5.11 Å². The quantitative estimate of drug-likeness (QED) is 0.883. The van der Waals surface area contributed by atoms with Gasteiger partial charge in [-0.3, -0.25) is 4.79 Å². The third-order valence-electron chi connectivity index (χ3n) is 2.97. The smallest absolute Gasteiger partial charge is 0.303 e. The van der Waals surface area contributed by atoms with Gasteiger partial charge >= 0.3 is 5.97 Å². The summed E-state index contributed by atoms with van der Waals surface area (Å²) in [5, 5.41) is 8.61. The summed E-state index contributed by atoms with van der Waals surface area (Å²) in [5.74, 6) is -1.03. The first kappa shape index (κ1) is 13.3. The van der Waals surface area contributed by atoms with Crippen LogP contribution in [0.2, 0.25) is 0 Å². The van der Waals surface area contributed by atoms with Crippen molar-refractivity contribution in [2.45, 2.75) is 19.3 Å². The lowest BCUT2D eigenvalue weighted by molar-refractivity contribution is -0.137. The number of carbonyl (C=O) groups is 1. The summed E-state index contributed by atoms with van der Waals surface area (Å²) in [4.78, 5) is 10.5. The topological polar surface area (TPSA) is 37.3 Å². The van der Waals surface area contributed by atoms with Crippen LogP contribution in [0.15, 0.2) is 48.5 Å². The lowest BCUT2D eigenvalue weighted by Gasteiger charge is -2.06. The lowest BCUT2D eigenvalue weighted by Crippen LogP contribution is -1.96. The van der Waals surface area contributed by atoms with Crippen molar-refractivity contribution in [2.24, 2.45) is 0 Å². The number of hydrogen-bond acceptors (Lipinski definition) is 1. The molecule has 0 spiro atoms. The first-order valence-corrected chi connectivity index (χ1v) is 6.22. The van der Waals surface area contributed by atoms with Crippen molar-refractivity contribution in [3.8, 4) is 11.1 Å². The molecule has 0 aliphatic heterocycles. The molecular weight excluding hydrogens is 243 g/mol. The Morgan fingerprint density at radius 1 is 1.11 bits per heavy atom. The standard InChI is InChI=1S/C16H15FO2/c17-15-9-2-1-8-14(15)13-7-3-5-12(11-13)6-4-10-16(18)19/h1-3,5,7-9,11H,4,6,10H2,(H,18,19). The van der Waals surface area contributed by atoms with Crippen LogP contribution < -0.4 is 0 Å². The molecule has 19 heavy (non-hydrogen) atoms. The van der Waals surface area contributed by atoms with Gasteiger partial charge in [0.25, 0.3) is 0 Å². The molecule has 2 aromatic carbocycles. The molecule has 2 aromatic rings. The van der Waals surface area contributed by atoms with Crippen LogP contribution in [-0.2, 0) is 11.2 Å². The van der Waals surface area contributed by atoms with E-state index < -0.39 is 5.97 Å². The summed E-state index contributed by atoms with van der Waals surface area (Å²) < 4.78 is 13.7. The fourth-order valence-electron chi connectivity index (χ4n) is 2.03. The Labute approximate surface area is 111 Å². The van der Waals surface area contributed by atoms with Crippen LogP contribution in [0.1, 0.15) is 18.4 Å².